The number of rotatable bonds is 5. The second-order valence-electron chi connectivity index (χ2n) is 6.90. The van der Waals surface area contributed by atoms with Crippen LogP contribution in [0.3, 0.4) is 0 Å². The molecule has 0 radical (unpaired) electrons. The summed E-state index contributed by atoms with van der Waals surface area (Å²) in [5.41, 5.74) is 2.63. The molecule has 8 heteroatoms. The van der Waals surface area contributed by atoms with Crippen LogP contribution in [0.15, 0.2) is 41.2 Å². The highest BCUT2D eigenvalue weighted by atomic mass is 16.5. The van der Waals surface area contributed by atoms with E-state index in [9.17, 15) is 4.79 Å². The van der Waals surface area contributed by atoms with Crippen LogP contribution >= 0.6 is 0 Å². The monoisotopic (exact) mass is 381 g/mol. The molecule has 1 aliphatic heterocycles. The van der Waals surface area contributed by atoms with E-state index in [-0.39, 0.29) is 11.9 Å². The maximum Gasteiger partial charge on any atom is 0.261 e. The van der Waals surface area contributed by atoms with Gasteiger partial charge in [-0.1, -0.05) is 30.6 Å². The fourth-order valence-corrected chi connectivity index (χ4v) is 3.35. The van der Waals surface area contributed by atoms with Crippen LogP contribution in [0.1, 0.15) is 41.1 Å². The second kappa shape index (κ2) is 7.93. The average molecular weight is 381 g/mol. The van der Waals surface area contributed by atoms with E-state index in [2.05, 4.69) is 22.2 Å². The third-order valence-electron chi connectivity index (χ3n) is 4.82. The maximum atomic E-state index is 13.1. The van der Waals surface area contributed by atoms with Crippen LogP contribution in [0.25, 0.3) is 11.5 Å². The molecule has 1 atom stereocenters. The van der Waals surface area contributed by atoms with Crippen molar-refractivity contribution < 1.29 is 14.1 Å². The van der Waals surface area contributed by atoms with Gasteiger partial charge >= 0.3 is 0 Å². The number of nitrogens with zero attached hydrogens (tertiary/aromatic N) is 5. The van der Waals surface area contributed by atoms with Crippen molar-refractivity contribution in [3.8, 4) is 11.5 Å². The molecule has 8 nitrogen and oxygen atoms in total. The largest absolute Gasteiger partial charge is 0.377 e. The van der Waals surface area contributed by atoms with Crippen LogP contribution in [0.2, 0.25) is 0 Å². The van der Waals surface area contributed by atoms with Gasteiger partial charge in [-0.25, -0.2) is 0 Å². The van der Waals surface area contributed by atoms with E-state index >= 15 is 0 Å². The lowest BCUT2D eigenvalue weighted by molar-refractivity contribution is -0.00576. The van der Waals surface area contributed by atoms with Crippen molar-refractivity contribution in [1.82, 2.24) is 24.8 Å². The zero-order chi connectivity index (χ0) is 19.5. The number of ether oxygens (including phenoxy) is 1. The lowest BCUT2D eigenvalue weighted by atomic mass is 10.1. The first kappa shape index (κ1) is 18.4. The molecule has 28 heavy (non-hydrogen) atoms. The summed E-state index contributed by atoms with van der Waals surface area (Å²) >= 11 is 0. The predicted molar refractivity (Wildman–Crippen MR) is 102 cm³/mol. The van der Waals surface area contributed by atoms with E-state index in [0.29, 0.717) is 37.0 Å². The Morgan fingerprint density at radius 1 is 1.29 bits per heavy atom. The highest BCUT2D eigenvalue weighted by Gasteiger charge is 2.33. The number of morpholine rings is 1. The van der Waals surface area contributed by atoms with Crippen molar-refractivity contribution in [3.05, 3.63) is 53.6 Å². The molecule has 4 rings (SSSR count). The molecule has 1 aliphatic rings. The third kappa shape index (κ3) is 3.68. The van der Waals surface area contributed by atoms with Gasteiger partial charge in [-0.2, -0.15) is 10.1 Å². The Kier molecular flexibility index (Phi) is 5.21. The zero-order valence-electron chi connectivity index (χ0n) is 16.0. The van der Waals surface area contributed by atoms with Crippen LogP contribution in [-0.4, -0.2) is 50.5 Å². The molecule has 1 fully saturated rings. The van der Waals surface area contributed by atoms with Crippen LogP contribution in [-0.2, 0) is 18.2 Å². The Hall–Kier alpha value is -3.00. The molecule has 3 aromatic rings. The molecule has 0 N–H and O–H groups in total. The first-order valence-electron chi connectivity index (χ1n) is 9.46. The second-order valence-corrected chi connectivity index (χ2v) is 6.90. The van der Waals surface area contributed by atoms with E-state index in [1.807, 2.05) is 31.3 Å². The molecule has 1 aromatic carbocycles. The first-order chi connectivity index (χ1) is 13.7. The molecule has 1 amide bonds. The highest BCUT2D eigenvalue weighted by Crippen LogP contribution is 2.26. The quantitative estimate of drug-likeness (QED) is 0.675. The van der Waals surface area contributed by atoms with Gasteiger partial charge in [-0.05, 0) is 24.1 Å². The van der Waals surface area contributed by atoms with Crippen molar-refractivity contribution in [2.45, 2.75) is 25.8 Å². The minimum Gasteiger partial charge on any atom is -0.377 e. The number of aromatic nitrogens is 4. The minimum absolute atomic E-state index is 0.0518. The zero-order valence-corrected chi connectivity index (χ0v) is 16.0. The van der Waals surface area contributed by atoms with E-state index in [0.717, 1.165) is 18.4 Å². The summed E-state index contributed by atoms with van der Waals surface area (Å²) in [6.07, 6.45) is 5.55. The maximum absolute atomic E-state index is 13.1. The minimum atomic E-state index is -0.384. The Balaban J connectivity index is 1.56. The molecule has 0 unspecified atom stereocenters. The summed E-state index contributed by atoms with van der Waals surface area (Å²) in [6.45, 7) is 3.45. The fourth-order valence-electron chi connectivity index (χ4n) is 3.35. The topological polar surface area (TPSA) is 86.3 Å². The molecule has 0 aliphatic carbocycles. The van der Waals surface area contributed by atoms with Gasteiger partial charge in [0.05, 0.1) is 25.0 Å². The van der Waals surface area contributed by atoms with E-state index in [1.165, 1.54) is 5.56 Å². The Labute approximate surface area is 163 Å². The first-order valence-corrected chi connectivity index (χ1v) is 9.46. The third-order valence-corrected chi connectivity index (χ3v) is 4.82. The number of carbonyl (C=O) groups excluding carboxylic acids is 1. The standard InChI is InChI=1S/C20H23N5O3/c1-3-4-14-5-7-15(8-6-14)20(26)25-9-10-27-13-17(25)18-22-19(28-23-18)16-11-21-24(2)12-16/h5-8,11-12,17H,3-4,9-10,13H2,1-2H3/t17-/m1/s1. The van der Waals surface area contributed by atoms with E-state index in [1.54, 1.807) is 22.0 Å². The van der Waals surface area contributed by atoms with Crippen molar-refractivity contribution in [3.63, 3.8) is 0 Å². The fraction of sp³-hybridized carbons (Fsp3) is 0.400. The van der Waals surface area contributed by atoms with E-state index in [4.69, 9.17) is 9.26 Å². The molecule has 3 heterocycles. The van der Waals surface area contributed by atoms with Gasteiger partial charge in [-0.3, -0.25) is 9.48 Å². The molecular weight excluding hydrogens is 358 g/mol. The summed E-state index contributed by atoms with van der Waals surface area (Å²) in [5.74, 6) is 0.767. The van der Waals surface area contributed by atoms with Gasteiger partial charge < -0.3 is 14.2 Å². The van der Waals surface area contributed by atoms with E-state index < -0.39 is 0 Å². The SMILES string of the molecule is CCCc1ccc(C(=O)N2CCOC[C@@H]2c2noc(-c3cnn(C)c3)n2)cc1. The summed E-state index contributed by atoms with van der Waals surface area (Å²) in [6, 6.07) is 7.42. The van der Waals surface area contributed by atoms with Gasteiger partial charge in [0.2, 0.25) is 0 Å². The Bertz CT molecular complexity index is 947. The van der Waals surface area contributed by atoms with Gasteiger partial charge in [0, 0.05) is 25.4 Å². The number of amides is 1. The number of carbonyl (C=O) groups is 1. The molecule has 2 aromatic heterocycles. The number of aryl methyl sites for hydroxylation is 2. The van der Waals surface area contributed by atoms with Crippen LogP contribution < -0.4 is 0 Å². The van der Waals surface area contributed by atoms with Gasteiger partial charge in [-0.15, -0.1) is 0 Å². The molecule has 0 saturated carbocycles. The normalized spacial score (nSPS) is 17.1. The summed E-state index contributed by atoms with van der Waals surface area (Å²) in [4.78, 5) is 19.3. The highest BCUT2D eigenvalue weighted by molar-refractivity contribution is 5.94. The lowest BCUT2D eigenvalue weighted by Gasteiger charge is -2.33. The van der Waals surface area contributed by atoms with Crippen molar-refractivity contribution in [1.29, 1.82) is 0 Å². The van der Waals surface area contributed by atoms with Gasteiger partial charge in [0.25, 0.3) is 11.8 Å². The van der Waals surface area contributed by atoms with Crippen LogP contribution in [0.5, 0.6) is 0 Å². The smallest absolute Gasteiger partial charge is 0.261 e. The van der Waals surface area contributed by atoms with Crippen LogP contribution in [0, 0.1) is 0 Å². The molecular formula is C20H23N5O3. The molecule has 0 spiro atoms. The molecule has 1 saturated heterocycles. The van der Waals surface area contributed by atoms with Gasteiger partial charge in [0.1, 0.15) is 6.04 Å². The predicted octanol–water partition coefficient (Wildman–Crippen LogP) is 2.64. The average Bonchev–Trinajstić information content (AvgIpc) is 3.37. The summed E-state index contributed by atoms with van der Waals surface area (Å²) in [7, 11) is 1.82. The lowest BCUT2D eigenvalue weighted by Crippen LogP contribution is -2.43. The van der Waals surface area contributed by atoms with Crippen LogP contribution in [0.4, 0.5) is 0 Å². The van der Waals surface area contributed by atoms with Crippen molar-refractivity contribution >= 4 is 5.91 Å². The van der Waals surface area contributed by atoms with Crippen molar-refractivity contribution in [2.75, 3.05) is 19.8 Å². The summed E-state index contributed by atoms with van der Waals surface area (Å²) < 4.78 is 12.6. The Morgan fingerprint density at radius 2 is 2.11 bits per heavy atom. The number of hydrogen-bond donors (Lipinski definition) is 0. The number of hydrogen-bond acceptors (Lipinski definition) is 6. The van der Waals surface area contributed by atoms with Gasteiger partial charge in [0.15, 0.2) is 5.82 Å². The number of benzene rings is 1. The molecule has 0 bridgehead atoms. The summed E-state index contributed by atoms with van der Waals surface area (Å²) in [5, 5.41) is 8.21. The Morgan fingerprint density at radius 3 is 2.82 bits per heavy atom. The van der Waals surface area contributed by atoms with Crippen molar-refractivity contribution in [2.24, 2.45) is 7.05 Å². The molecule has 146 valence electrons.